The molecule has 1 nitrogen and oxygen atoms in total. The summed E-state index contributed by atoms with van der Waals surface area (Å²) in [7, 11) is 0. The number of anilines is 3. The minimum absolute atomic E-state index is 0.283. The molecule has 0 saturated heterocycles. The Balaban J connectivity index is 1.12. The van der Waals surface area contributed by atoms with Crippen molar-refractivity contribution in [3.05, 3.63) is 282 Å². The van der Waals surface area contributed by atoms with Gasteiger partial charge in [0.1, 0.15) is 0 Å². The molecule has 0 bridgehead atoms. The lowest BCUT2D eigenvalue weighted by Crippen LogP contribution is -2.28. The summed E-state index contributed by atoms with van der Waals surface area (Å²) >= 11 is 0. The maximum absolute atomic E-state index is 2.51. The highest BCUT2D eigenvalue weighted by Crippen LogP contribution is 2.60. The van der Waals surface area contributed by atoms with E-state index >= 15 is 0 Å². The molecule has 2 aliphatic carbocycles. The van der Waals surface area contributed by atoms with Crippen molar-refractivity contribution in [2.45, 2.75) is 17.8 Å². The lowest BCUT2D eigenvalue weighted by Gasteiger charge is -2.34. The molecule has 0 amide bonds. The second-order valence-electron chi connectivity index (χ2n) is 16.9. The van der Waals surface area contributed by atoms with Crippen LogP contribution < -0.4 is 4.90 Å². The zero-order valence-electron chi connectivity index (χ0n) is 34.5. The minimum atomic E-state index is -0.511. The molecule has 10 aromatic rings. The fourth-order valence-electron chi connectivity index (χ4n) is 11.1. The first-order chi connectivity index (χ1) is 30.7. The van der Waals surface area contributed by atoms with E-state index < -0.39 is 5.41 Å². The highest BCUT2D eigenvalue weighted by molar-refractivity contribution is 6.00. The normalized spacial score (nSPS) is 15.4. The smallest absolute Gasteiger partial charge is 0.0714 e. The lowest BCUT2D eigenvalue weighted by molar-refractivity contribution is 0.714. The quantitative estimate of drug-likeness (QED) is 0.155. The number of fused-ring (bicyclic) bond motifs is 7. The molecule has 12 rings (SSSR count). The molecule has 0 aromatic heterocycles. The van der Waals surface area contributed by atoms with Crippen LogP contribution in [-0.4, -0.2) is 0 Å². The van der Waals surface area contributed by atoms with E-state index in [1.807, 2.05) is 0 Å². The number of benzene rings is 10. The van der Waals surface area contributed by atoms with E-state index in [4.69, 9.17) is 0 Å². The van der Waals surface area contributed by atoms with Crippen LogP contribution in [0.15, 0.2) is 243 Å². The Kier molecular flexibility index (Phi) is 8.27. The molecule has 2 aliphatic rings. The van der Waals surface area contributed by atoms with E-state index in [0.717, 1.165) is 17.1 Å². The Morgan fingerprint density at radius 1 is 0.339 bits per heavy atom. The highest BCUT2D eigenvalue weighted by atomic mass is 15.1. The van der Waals surface area contributed by atoms with Crippen LogP contribution in [0.4, 0.5) is 17.1 Å². The second-order valence-corrected chi connectivity index (χ2v) is 16.9. The average Bonchev–Trinajstić information content (AvgIpc) is 3.80. The van der Waals surface area contributed by atoms with Gasteiger partial charge in [0.2, 0.25) is 0 Å². The summed E-state index contributed by atoms with van der Waals surface area (Å²) in [6.45, 7) is 2.39. The van der Waals surface area contributed by atoms with E-state index in [-0.39, 0.29) is 5.41 Å². The van der Waals surface area contributed by atoms with E-state index in [1.165, 1.54) is 83.1 Å². The first-order valence-electron chi connectivity index (χ1n) is 21.7. The first kappa shape index (κ1) is 36.1. The summed E-state index contributed by atoms with van der Waals surface area (Å²) < 4.78 is 0. The molecule has 292 valence electrons. The summed E-state index contributed by atoms with van der Waals surface area (Å²) in [5.74, 6) is 0. The fourth-order valence-corrected chi connectivity index (χ4v) is 11.1. The molecule has 0 fully saturated rings. The van der Waals surface area contributed by atoms with Gasteiger partial charge in [0.05, 0.1) is 11.1 Å². The number of nitrogens with zero attached hydrogens (tertiary/aromatic N) is 1. The SMILES string of the molecule is CC1(c2ccccc2)c2ccccc2-c2cc(N(c3ccc(-c4cccc5ccccc45)cc3)c3cccc4c3-c3ccccc3C4(c3ccccc3)c3ccccc3)ccc21. The molecule has 10 aromatic carbocycles. The Labute approximate surface area is 363 Å². The van der Waals surface area contributed by atoms with Crippen molar-refractivity contribution in [2.75, 3.05) is 4.90 Å². The van der Waals surface area contributed by atoms with Crippen molar-refractivity contribution in [3.63, 3.8) is 0 Å². The molecule has 0 radical (unpaired) electrons. The summed E-state index contributed by atoms with van der Waals surface area (Å²) in [6.07, 6.45) is 0. The second kappa shape index (κ2) is 14.2. The standard InChI is InChI=1S/C61H43N/c1-60(44-21-5-2-6-22-44)54-31-15-13-28-51(54)53-41-48(39-40-55(53)60)62(47-37-35-43(36-38-47)50-30-17-20-42-19-11-12-27-49(42)50)58-34-18-33-57-59(58)52-29-14-16-32-56(52)61(57,45-23-7-3-8-24-45)46-25-9-4-10-26-46/h2-41H,1H3. The summed E-state index contributed by atoms with van der Waals surface area (Å²) in [6, 6.07) is 89.9. The Bertz CT molecular complexity index is 3250. The summed E-state index contributed by atoms with van der Waals surface area (Å²) in [5, 5.41) is 2.50. The maximum Gasteiger partial charge on any atom is 0.0714 e. The van der Waals surface area contributed by atoms with Gasteiger partial charge in [0.15, 0.2) is 0 Å². The minimum Gasteiger partial charge on any atom is -0.310 e. The van der Waals surface area contributed by atoms with Gasteiger partial charge in [0.25, 0.3) is 0 Å². The molecule has 1 atom stereocenters. The molecule has 0 heterocycles. The molecular formula is C61H43N. The third kappa shape index (κ3) is 5.22. The van der Waals surface area contributed by atoms with E-state index in [2.05, 4.69) is 254 Å². The molecule has 0 saturated carbocycles. The lowest BCUT2D eigenvalue weighted by atomic mass is 9.68. The Hall–Kier alpha value is -7.74. The molecule has 1 heteroatoms. The van der Waals surface area contributed by atoms with Gasteiger partial charge in [-0.05, 0) is 115 Å². The Morgan fingerprint density at radius 2 is 0.855 bits per heavy atom. The zero-order chi connectivity index (χ0) is 41.3. The van der Waals surface area contributed by atoms with Crippen molar-refractivity contribution in [2.24, 2.45) is 0 Å². The van der Waals surface area contributed by atoms with Gasteiger partial charge in [0, 0.05) is 22.4 Å². The third-order valence-corrected chi connectivity index (χ3v) is 13.8. The van der Waals surface area contributed by atoms with Crippen LogP contribution in [0.1, 0.15) is 45.9 Å². The van der Waals surface area contributed by atoms with Crippen molar-refractivity contribution in [1.82, 2.24) is 0 Å². The maximum atomic E-state index is 2.51. The van der Waals surface area contributed by atoms with Crippen LogP contribution in [0.25, 0.3) is 44.2 Å². The molecule has 62 heavy (non-hydrogen) atoms. The van der Waals surface area contributed by atoms with Crippen molar-refractivity contribution in [3.8, 4) is 33.4 Å². The van der Waals surface area contributed by atoms with E-state index in [0.29, 0.717) is 0 Å². The number of hydrogen-bond acceptors (Lipinski definition) is 1. The van der Waals surface area contributed by atoms with Gasteiger partial charge in [-0.1, -0.05) is 212 Å². The Morgan fingerprint density at radius 3 is 1.58 bits per heavy atom. The van der Waals surface area contributed by atoms with Gasteiger partial charge in [-0.2, -0.15) is 0 Å². The van der Waals surface area contributed by atoms with Crippen LogP contribution in [0.2, 0.25) is 0 Å². The highest BCUT2D eigenvalue weighted by Gasteiger charge is 2.47. The average molecular weight is 790 g/mol. The van der Waals surface area contributed by atoms with Gasteiger partial charge < -0.3 is 4.90 Å². The summed E-state index contributed by atoms with van der Waals surface area (Å²) in [5.41, 5.74) is 19.2. The van der Waals surface area contributed by atoms with Gasteiger partial charge in [-0.15, -0.1) is 0 Å². The van der Waals surface area contributed by atoms with Crippen molar-refractivity contribution in [1.29, 1.82) is 0 Å². The molecular weight excluding hydrogens is 747 g/mol. The van der Waals surface area contributed by atoms with Crippen molar-refractivity contribution >= 4 is 27.8 Å². The van der Waals surface area contributed by atoms with Crippen LogP contribution >= 0.6 is 0 Å². The van der Waals surface area contributed by atoms with Gasteiger partial charge in [-0.3, -0.25) is 0 Å². The van der Waals surface area contributed by atoms with Crippen molar-refractivity contribution < 1.29 is 0 Å². The van der Waals surface area contributed by atoms with Gasteiger partial charge in [-0.25, -0.2) is 0 Å². The molecule has 0 spiro atoms. The predicted octanol–water partition coefficient (Wildman–Crippen LogP) is 15.7. The number of rotatable bonds is 7. The summed E-state index contributed by atoms with van der Waals surface area (Å²) in [4.78, 5) is 2.51. The van der Waals surface area contributed by atoms with Crippen LogP contribution in [0.3, 0.4) is 0 Å². The van der Waals surface area contributed by atoms with Gasteiger partial charge >= 0.3 is 0 Å². The monoisotopic (exact) mass is 789 g/mol. The zero-order valence-corrected chi connectivity index (χ0v) is 34.5. The molecule has 0 N–H and O–H groups in total. The number of hydrogen-bond donors (Lipinski definition) is 0. The van der Waals surface area contributed by atoms with Crippen LogP contribution in [0.5, 0.6) is 0 Å². The van der Waals surface area contributed by atoms with Crippen LogP contribution in [0, 0.1) is 0 Å². The largest absolute Gasteiger partial charge is 0.310 e. The molecule has 0 aliphatic heterocycles. The topological polar surface area (TPSA) is 3.24 Å². The third-order valence-electron chi connectivity index (χ3n) is 13.8. The van der Waals surface area contributed by atoms with Crippen LogP contribution in [-0.2, 0) is 10.8 Å². The van der Waals surface area contributed by atoms with E-state index in [1.54, 1.807) is 0 Å². The molecule has 1 unspecified atom stereocenters. The fraction of sp³-hybridized carbons (Fsp3) is 0.0492. The predicted molar refractivity (Wildman–Crippen MR) is 259 cm³/mol. The van der Waals surface area contributed by atoms with E-state index in [9.17, 15) is 0 Å². The first-order valence-corrected chi connectivity index (χ1v) is 21.7.